The Morgan fingerprint density at radius 3 is 2.52 bits per heavy atom. The van der Waals surface area contributed by atoms with Gasteiger partial charge in [0.1, 0.15) is 12.1 Å². The van der Waals surface area contributed by atoms with E-state index in [9.17, 15) is 4.79 Å². The van der Waals surface area contributed by atoms with E-state index in [0.717, 1.165) is 42.7 Å². The Morgan fingerprint density at radius 2 is 1.85 bits per heavy atom. The molecule has 1 aromatic carbocycles. The Bertz CT molecular complexity index is 826. The van der Waals surface area contributed by atoms with Gasteiger partial charge in [-0.15, -0.1) is 0 Å². The van der Waals surface area contributed by atoms with Gasteiger partial charge in [-0.05, 0) is 18.9 Å². The van der Waals surface area contributed by atoms with Gasteiger partial charge in [0.05, 0.1) is 25.8 Å². The van der Waals surface area contributed by atoms with E-state index in [1.807, 2.05) is 24.1 Å². The van der Waals surface area contributed by atoms with E-state index in [2.05, 4.69) is 14.9 Å². The van der Waals surface area contributed by atoms with Crippen LogP contribution in [-0.2, 0) is 0 Å². The third-order valence-corrected chi connectivity index (χ3v) is 5.05. The van der Waals surface area contributed by atoms with Crippen LogP contribution in [0.3, 0.4) is 0 Å². The van der Waals surface area contributed by atoms with E-state index in [-0.39, 0.29) is 12.1 Å². The fraction of sp³-hybridized carbons (Fsp3) is 0.526. The fourth-order valence-corrected chi connectivity index (χ4v) is 3.56. The topological polar surface area (TPSA) is 71.0 Å². The van der Waals surface area contributed by atoms with Crippen molar-refractivity contribution in [1.29, 1.82) is 0 Å². The van der Waals surface area contributed by atoms with Crippen molar-refractivity contribution in [3.63, 3.8) is 0 Å². The molecule has 0 aliphatic carbocycles. The Balaban J connectivity index is 1.93. The molecule has 0 saturated carbocycles. The number of methoxy groups -OCH3 is 2. The normalized spacial score (nSPS) is 16.9. The van der Waals surface area contributed by atoms with Crippen LogP contribution in [0.25, 0.3) is 10.9 Å². The first kappa shape index (κ1) is 19.0. The lowest BCUT2D eigenvalue weighted by molar-refractivity contribution is 0.157. The highest BCUT2D eigenvalue weighted by atomic mass is 16.5. The van der Waals surface area contributed by atoms with E-state index in [0.29, 0.717) is 11.5 Å². The summed E-state index contributed by atoms with van der Waals surface area (Å²) in [5.41, 5.74) is 0.803. The van der Waals surface area contributed by atoms with Gasteiger partial charge in [-0.1, -0.05) is 0 Å². The van der Waals surface area contributed by atoms with Crippen molar-refractivity contribution in [3.05, 3.63) is 18.5 Å². The fourth-order valence-electron chi connectivity index (χ4n) is 3.56. The van der Waals surface area contributed by atoms with Crippen LogP contribution >= 0.6 is 0 Å². The van der Waals surface area contributed by atoms with Crippen molar-refractivity contribution in [2.45, 2.75) is 18.9 Å². The number of urea groups is 1. The number of piperidine rings is 1. The number of hydrogen-bond acceptors (Lipinski definition) is 6. The number of carbonyl (C=O) groups excluding carboxylic acids is 1. The molecule has 2 aromatic rings. The number of anilines is 1. The second-order valence-electron chi connectivity index (χ2n) is 6.95. The number of amides is 2. The van der Waals surface area contributed by atoms with E-state index in [4.69, 9.17) is 9.47 Å². The number of fused-ring (bicyclic) bond motifs is 1. The summed E-state index contributed by atoms with van der Waals surface area (Å²) in [7, 11) is 8.64. The first-order chi connectivity index (χ1) is 13.0. The highest BCUT2D eigenvalue weighted by molar-refractivity contribution is 5.92. The summed E-state index contributed by atoms with van der Waals surface area (Å²) in [5.74, 6) is 2.15. The third kappa shape index (κ3) is 3.70. The van der Waals surface area contributed by atoms with E-state index in [1.165, 1.54) is 0 Å². The second-order valence-corrected chi connectivity index (χ2v) is 6.95. The molecule has 0 radical (unpaired) electrons. The number of hydrogen-bond donors (Lipinski definition) is 0. The van der Waals surface area contributed by atoms with Crippen molar-refractivity contribution < 1.29 is 14.3 Å². The molecular weight excluding hydrogens is 346 g/mol. The molecule has 0 N–H and O–H groups in total. The molecule has 1 fully saturated rings. The van der Waals surface area contributed by atoms with E-state index < -0.39 is 0 Å². The van der Waals surface area contributed by atoms with Crippen molar-refractivity contribution in [2.75, 3.05) is 53.4 Å². The molecule has 8 nitrogen and oxygen atoms in total. The Labute approximate surface area is 159 Å². The van der Waals surface area contributed by atoms with Gasteiger partial charge in [-0.3, -0.25) is 0 Å². The van der Waals surface area contributed by atoms with Gasteiger partial charge < -0.3 is 24.2 Å². The smallest absolute Gasteiger partial charge is 0.319 e. The average Bonchev–Trinajstić information content (AvgIpc) is 2.70. The number of rotatable bonds is 4. The molecule has 2 heterocycles. The molecule has 1 unspecified atom stereocenters. The maximum Gasteiger partial charge on any atom is 0.319 e. The zero-order valence-corrected chi connectivity index (χ0v) is 16.6. The van der Waals surface area contributed by atoms with Gasteiger partial charge in [0, 0.05) is 45.7 Å². The van der Waals surface area contributed by atoms with Crippen LogP contribution in [-0.4, -0.2) is 80.3 Å². The highest BCUT2D eigenvalue weighted by Crippen LogP contribution is 2.35. The SMILES string of the molecule is COc1cc2ncnc(N3CCCC(N(C)C(=O)N(C)C)C3)c2cc1OC. The predicted molar refractivity (Wildman–Crippen MR) is 105 cm³/mol. The zero-order valence-electron chi connectivity index (χ0n) is 16.6. The van der Waals surface area contributed by atoms with Gasteiger partial charge in [0.25, 0.3) is 0 Å². The first-order valence-electron chi connectivity index (χ1n) is 9.02. The molecule has 1 aliphatic heterocycles. The first-order valence-corrected chi connectivity index (χ1v) is 9.02. The average molecular weight is 373 g/mol. The van der Waals surface area contributed by atoms with Crippen LogP contribution in [0.4, 0.5) is 10.6 Å². The van der Waals surface area contributed by atoms with Crippen LogP contribution in [0, 0.1) is 0 Å². The van der Waals surface area contributed by atoms with Crippen molar-refractivity contribution >= 4 is 22.8 Å². The van der Waals surface area contributed by atoms with Gasteiger partial charge in [-0.2, -0.15) is 0 Å². The largest absolute Gasteiger partial charge is 0.493 e. The Morgan fingerprint density at radius 1 is 1.15 bits per heavy atom. The lowest BCUT2D eigenvalue weighted by Gasteiger charge is -2.39. The van der Waals surface area contributed by atoms with Crippen molar-refractivity contribution in [1.82, 2.24) is 19.8 Å². The monoisotopic (exact) mass is 373 g/mol. The number of carbonyl (C=O) groups is 1. The van der Waals surface area contributed by atoms with Crippen molar-refractivity contribution in [2.24, 2.45) is 0 Å². The lowest BCUT2D eigenvalue weighted by atomic mass is 10.0. The summed E-state index contributed by atoms with van der Waals surface area (Å²) in [5, 5.41) is 0.914. The molecule has 1 aromatic heterocycles. The maximum atomic E-state index is 12.3. The minimum Gasteiger partial charge on any atom is -0.493 e. The summed E-state index contributed by atoms with van der Waals surface area (Å²) in [6.45, 7) is 1.62. The summed E-state index contributed by atoms with van der Waals surface area (Å²) in [6.07, 6.45) is 3.54. The minimum absolute atomic E-state index is 0.0146. The number of nitrogens with zero attached hydrogens (tertiary/aromatic N) is 5. The molecule has 1 atom stereocenters. The molecule has 146 valence electrons. The number of benzene rings is 1. The summed E-state index contributed by atoms with van der Waals surface area (Å²) in [6, 6.07) is 3.93. The standard InChI is InChI=1S/C19H27N5O3/c1-22(2)19(25)23(3)13-7-6-8-24(11-13)18-14-9-16(26-4)17(27-5)10-15(14)20-12-21-18/h9-10,12-13H,6-8,11H2,1-5H3. The van der Waals surface area contributed by atoms with Crippen LogP contribution < -0.4 is 14.4 Å². The van der Waals surface area contributed by atoms with Gasteiger partial charge in [0.15, 0.2) is 11.5 Å². The number of likely N-dealkylation sites (N-methyl/N-ethyl adjacent to an activating group) is 1. The number of ether oxygens (including phenoxy) is 2. The molecule has 1 aliphatic rings. The molecule has 3 rings (SSSR count). The van der Waals surface area contributed by atoms with Gasteiger partial charge in [-0.25, -0.2) is 14.8 Å². The van der Waals surface area contributed by atoms with Crippen LogP contribution in [0.1, 0.15) is 12.8 Å². The van der Waals surface area contributed by atoms with Gasteiger partial charge >= 0.3 is 6.03 Å². The summed E-state index contributed by atoms with van der Waals surface area (Å²) < 4.78 is 10.8. The van der Waals surface area contributed by atoms with E-state index in [1.54, 1.807) is 39.5 Å². The van der Waals surface area contributed by atoms with Crippen molar-refractivity contribution in [3.8, 4) is 11.5 Å². The molecule has 0 bridgehead atoms. The second kappa shape index (κ2) is 7.85. The molecule has 2 amide bonds. The summed E-state index contributed by atoms with van der Waals surface area (Å²) >= 11 is 0. The number of aromatic nitrogens is 2. The molecular formula is C19H27N5O3. The molecule has 27 heavy (non-hydrogen) atoms. The van der Waals surface area contributed by atoms with Crippen LogP contribution in [0.15, 0.2) is 18.5 Å². The van der Waals surface area contributed by atoms with Gasteiger partial charge in [0.2, 0.25) is 0 Å². The van der Waals surface area contributed by atoms with Crippen LogP contribution in [0.2, 0.25) is 0 Å². The lowest BCUT2D eigenvalue weighted by Crippen LogP contribution is -2.51. The quantitative estimate of drug-likeness (QED) is 0.818. The zero-order chi connectivity index (χ0) is 19.6. The maximum absolute atomic E-state index is 12.3. The predicted octanol–water partition coefficient (Wildman–Crippen LogP) is 2.23. The molecule has 1 saturated heterocycles. The Hall–Kier alpha value is -2.77. The Kier molecular flexibility index (Phi) is 5.53. The molecule has 8 heteroatoms. The van der Waals surface area contributed by atoms with E-state index >= 15 is 0 Å². The third-order valence-electron chi connectivity index (χ3n) is 5.05. The van der Waals surface area contributed by atoms with Crippen LogP contribution in [0.5, 0.6) is 11.5 Å². The summed E-state index contributed by atoms with van der Waals surface area (Å²) in [4.78, 5) is 26.9. The highest BCUT2D eigenvalue weighted by Gasteiger charge is 2.28. The molecule has 0 spiro atoms. The minimum atomic E-state index is 0.0146.